The molecule has 1 heterocycles. The van der Waals surface area contributed by atoms with Gasteiger partial charge in [0, 0.05) is 19.3 Å². The third-order valence-corrected chi connectivity index (χ3v) is 12.5. The second-order valence-corrected chi connectivity index (χ2v) is 19.2. The number of carboxylic acids is 1. The molecule has 0 aromatic rings. The molecule has 1 rings (SSSR count). The minimum Gasteiger partial charge on any atom is -0.479 e. The van der Waals surface area contributed by atoms with Crippen molar-refractivity contribution in [3.63, 3.8) is 0 Å². The Labute approximate surface area is 430 Å². The molecule has 6 unspecified atom stereocenters. The number of carbonyl (C=O) groups excluding carboxylic acids is 3. The fourth-order valence-corrected chi connectivity index (χ4v) is 8.13. The SMILES string of the molecule is CCC/C=C\C/C=C\CCCCCCCC(=O)OCC(COC1OC(C(=O)O)C(O)C(O)C1OC(=O)CCCCCCC/C=C\C/C=C\CCCCC)OC(=O)CCCCCCC/C=C\CCCCCC. The van der Waals surface area contributed by atoms with Crippen molar-refractivity contribution in [3.05, 3.63) is 60.8 Å². The number of unbranched alkanes of at least 4 members (excludes halogenated alkanes) is 23. The van der Waals surface area contributed by atoms with Gasteiger partial charge in [0.1, 0.15) is 18.8 Å². The minimum absolute atomic E-state index is 0.0416. The molecule has 0 bridgehead atoms. The third kappa shape index (κ3) is 37.8. The Morgan fingerprint density at radius 2 is 0.873 bits per heavy atom. The molecule has 6 atom stereocenters. The zero-order chi connectivity index (χ0) is 51.8. The van der Waals surface area contributed by atoms with E-state index in [-0.39, 0.29) is 25.9 Å². The highest BCUT2D eigenvalue weighted by atomic mass is 16.7. The summed E-state index contributed by atoms with van der Waals surface area (Å²) in [7, 11) is 0. The smallest absolute Gasteiger partial charge is 0.335 e. The monoisotopic (exact) mass is 1000 g/mol. The Hall–Kier alpha value is -3.58. The summed E-state index contributed by atoms with van der Waals surface area (Å²) < 4.78 is 28.3. The van der Waals surface area contributed by atoms with Gasteiger partial charge in [0.2, 0.25) is 0 Å². The van der Waals surface area contributed by atoms with Gasteiger partial charge in [0.05, 0.1) is 6.61 Å². The largest absolute Gasteiger partial charge is 0.479 e. The predicted molar refractivity (Wildman–Crippen MR) is 285 cm³/mol. The van der Waals surface area contributed by atoms with E-state index in [9.17, 15) is 34.5 Å². The molecule has 12 nitrogen and oxygen atoms in total. The molecule has 408 valence electrons. The number of esters is 3. The average Bonchev–Trinajstić information content (AvgIpc) is 3.35. The maximum atomic E-state index is 13.1. The highest BCUT2D eigenvalue weighted by Crippen LogP contribution is 2.26. The Morgan fingerprint density at radius 3 is 1.37 bits per heavy atom. The van der Waals surface area contributed by atoms with E-state index >= 15 is 0 Å². The maximum Gasteiger partial charge on any atom is 0.335 e. The summed E-state index contributed by atoms with van der Waals surface area (Å²) in [5.41, 5.74) is 0. The van der Waals surface area contributed by atoms with Crippen LogP contribution in [0, 0.1) is 0 Å². The topological polar surface area (TPSA) is 175 Å². The Bertz CT molecular complexity index is 1470. The van der Waals surface area contributed by atoms with E-state index in [4.69, 9.17) is 23.7 Å². The van der Waals surface area contributed by atoms with Gasteiger partial charge in [0.15, 0.2) is 24.6 Å². The van der Waals surface area contributed by atoms with Crippen molar-refractivity contribution in [2.75, 3.05) is 13.2 Å². The van der Waals surface area contributed by atoms with Crippen molar-refractivity contribution in [2.24, 2.45) is 0 Å². The fraction of sp³-hybridized carbons (Fsp3) is 0.763. The number of ether oxygens (including phenoxy) is 5. The number of allylic oxidation sites excluding steroid dienone is 10. The number of carboxylic acid groups (broad SMARTS) is 1. The van der Waals surface area contributed by atoms with E-state index in [1.54, 1.807) is 0 Å². The summed E-state index contributed by atoms with van der Waals surface area (Å²) in [5, 5.41) is 31.4. The number of hydrogen-bond acceptors (Lipinski definition) is 11. The van der Waals surface area contributed by atoms with Crippen LogP contribution in [0.3, 0.4) is 0 Å². The van der Waals surface area contributed by atoms with Crippen LogP contribution in [0.4, 0.5) is 0 Å². The summed E-state index contributed by atoms with van der Waals surface area (Å²) in [6, 6.07) is 0. The quantitative estimate of drug-likeness (QED) is 0.0228. The van der Waals surface area contributed by atoms with Crippen molar-refractivity contribution in [1.82, 2.24) is 0 Å². The van der Waals surface area contributed by atoms with Gasteiger partial charge in [-0.05, 0) is 103 Å². The van der Waals surface area contributed by atoms with Gasteiger partial charge in [-0.1, -0.05) is 178 Å². The summed E-state index contributed by atoms with van der Waals surface area (Å²) in [6.07, 6.45) is 44.8. The summed E-state index contributed by atoms with van der Waals surface area (Å²) in [4.78, 5) is 51.0. The molecule has 0 spiro atoms. The van der Waals surface area contributed by atoms with Gasteiger partial charge in [0.25, 0.3) is 0 Å². The number of aliphatic carboxylic acids is 1. The van der Waals surface area contributed by atoms with Crippen LogP contribution in [-0.2, 0) is 42.9 Å². The first kappa shape index (κ1) is 65.4. The standard InChI is InChI=1S/C59H100O12/c1-4-7-10-13-16-19-22-25-26-29-32-35-38-41-44-47-53(62)70-57-55(64)54(63)56(58(65)66)71-59(57)68-49-50(69-52(61)46-43-40-37-34-31-28-24-21-18-15-12-9-6-3)48-67-51(60)45-42-39-36-33-30-27-23-20-17-14-11-8-5-2/h11,14,16,19-21,23-26,50,54-57,59,63-64H,4-10,12-13,15,17-18,22,27-49H2,1-3H3,(H,65,66)/b14-11-,19-16-,23-20-,24-21-,26-25-. The number of aliphatic hydroxyl groups is 2. The van der Waals surface area contributed by atoms with Crippen molar-refractivity contribution >= 4 is 23.9 Å². The van der Waals surface area contributed by atoms with E-state index in [2.05, 4.69) is 81.5 Å². The van der Waals surface area contributed by atoms with E-state index in [0.29, 0.717) is 19.3 Å². The van der Waals surface area contributed by atoms with Gasteiger partial charge in [-0.15, -0.1) is 0 Å². The predicted octanol–water partition coefficient (Wildman–Crippen LogP) is 14.0. The third-order valence-electron chi connectivity index (χ3n) is 12.5. The molecule has 0 radical (unpaired) electrons. The number of carbonyl (C=O) groups is 4. The van der Waals surface area contributed by atoms with Gasteiger partial charge in [-0.3, -0.25) is 14.4 Å². The highest BCUT2D eigenvalue weighted by Gasteiger charge is 2.50. The van der Waals surface area contributed by atoms with Crippen molar-refractivity contribution in [1.29, 1.82) is 0 Å². The molecule has 1 saturated heterocycles. The summed E-state index contributed by atoms with van der Waals surface area (Å²) in [5.74, 6) is -3.16. The lowest BCUT2D eigenvalue weighted by Gasteiger charge is -2.40. The molecule has 0 amide bonds. The second kappa shape index (κ2) is 47.4. The highest BCUT2D eigenvalue weighted by molar-refractivity contribution is 5.74. The maximum absolute atomic E-state index is 13.1. The first-order valence-electron chi connectivity index (χ1n) is 28.3. The van der Waals surface area contributed by atoms with Crippen LogP contribution in [0.2, 0.25) is 0 Å². The number of hydrogen-bond donors (Lipinski definition) is 3. The number of aliphatic hydroxyl groups excluding tert-OH is 2. The average molecular weight is 1000 g/mol. The second-order valence-electron chi connectivity index (χ2n) is 19.2. The van der Waals surface area contributed by atoms with Crippen LogP contribution in [0.5, 0.6) is 0 Å². The van der Waals surface area contributed by atoms with Gasteiger partial charge >= 0.3 is 23.9 Å². The van der Waals surface area contributed by atoms with Gasteiger partial charge < -0.3 is 39.0 Å². The molecular weight excluding hydrogens is 901 g/mol. The van der Waals surface area contributed by atoms with E-state index in [1.165, 1.54) is 44.9 Å². The molecule has 0 aromatic heterocycles. The summed E-state index contributed by atoms with van der Waals surface area (Å²) >= 11 is 0. The van der Waals surface area contributed by atoms with E-state index in [1.807, 2.05) is 0 Å². The molecule has 1 fully saturated rings. The van der Waals surface area contributed by atoms with Crippen LogP contribution >= 0.6 is 0 Å². The number of rotatable bonds is 47. The Balaban J connectivity index is 2.73. The van der Waals surface area contributed by atoms with Crippen LogP contribution in [0.25, 0.3) is 0 Å². The zero-order valence-corrected chi connectivity index (χ0v) is 44.7. The van der Waals surface area contributed by atoms with E-state index in [0.717, 1.165) is 135 Å². The first-order valence-corrected chi connectivity index (χ1v) is 28.3. The first-order chi connectivity index (χ1) is 34.6. The Morgan fingerprint density at radius 1 is 0.465 bits per heavy atom. The molecular formula is C59H100O12. The van der Waals surface area contributed by atoms with Crippen molar-refractivity contribution in [2.45, 2.75) is 276 Å². The molecule has 3 N–H and O–H groups in total. The van der Waals surface area contributed by atoms with Gasteiger partial charge in [-0.25, -0.2) is 4.79 Å². The lowest BCUT2D eigenvalue weighted by Crippen LogP contribution is -2.61. The molecule has 0 aliphatic carbocycles. The lowest BCUT2D eigenvalue weighted by atomic mass is 9.98. The minimum atomic E-state index is -1.91. The molecule has 12 heteroatoms. The van der Waals surface area contributed by atoms with Crippen LogP contribution in [0.1, 0.15) is 239 Å². The zero-order valence-electron chi connectivity index (χ0n) is 44.7. The molecule has 1 aliphatic rings. The molecule has 0 aromatic carbocycles. The van der Waals surface area contributed by atoms with Gasteiger partial charge in [-0.2, -0.15) is 0 Å². The Kier molecular flexibility index (Phi) is 43.7. The molecule has 71 heavy (non-hydrogen) atoms. The van der Waals surface area contributed by atoms with E-state index < -0.39 is 67.3 Å². The van der Waals surface area contributed by atoms with Crippen LogP contribution < -0.4 is 0 Å². The van der Waals surface area contributed by atoms with Crippen molar-refractivity contribution < 1.29 is 58.2 Å². The fourth-order valence-electron chi connectivity index (χ4n) is 8.13. The van der Waals surface area contributed by atoms with Crippen LogP contribution in [0.15, 0.2) is 60.8 Å². The molecule has 0 saturated carbocycles. The molecule has 1 aliphatic heterocycles. The normalized spacial score (nSPS) is 18.9. The van der Waals surface area contributed by atoms with Crippen molar-refractivity contribution in [3.8, 4) is 0 Å². The summed E-state index contributed by atoms with van der Waals surface area (Å²) in [6.45, 7) is 5.85. The lowest BCUT2D eigenvalue weighted by molar-refractivity contribution is -0.301. The van der Waals surface area contributed by atoms with Crippen LogP contribution in [-0.4, -0.2) is 89.2 Å².